The molecule has 39 heavy (non-hydrogen) atoms. The Morgan fingerprint density at radius 3 is 2.79 bits per heavy atom. The van der Waals surface area contributed by atoms with Gasteiger partial charge in [-0.25, -0.2) is 8.78 Å². The SMILES string of the molecule is C=C(F)C(=O)NCCNc1nc(OC[C@@H]2CCCN2C)nc2cc(-c3cccc4c3CCC43CC3)c(F)cc12. The number of likely N-dealkylation sites (tertiary alicyclic amines) is 1. The van der Waals surface area contributed by atoms with Crippen molar-refractivity contribution in [2.24, 2.45) is 0 Å². The number of likely N-dealkylation sites (N-methyl/N-ethyl adjacent to an activating group) is 1. The monoisotopic (exact) mass is 533 g/mol. The minimum Gasteiger partial charge on any atom is -0.462 e. The number of anilines is 1. The predicted molar refractivity (Wildman–Crippen MR) is 147 cm³/mol. The molecule has 1 atom stereocenters. The summed E-state index contributed by atoms with van der Waals surface area (Å²) in [5.74, 6) is -1.87. The first-order valence-electron chi connectivity index (χ1n) is 13.7. The number of nitrogens with zero attached hydrogens (tertiary/aromatic N) is 3. The molecule has 2 aromatic carbocycles. The molecule has 2 N–H and O–H groups in total. The maximum atomic E-state index is 15.7. The van der Waals surface area contributed by atoms with Gasteiger partial charge in [0.25, 0.3) is 5.91 Å². The number of hydrogen-bond donors (Lipinski definition) is 2. The van der Waals surface area contributed by atoms with Gasteiger partial charge in [0, 0.05) is 30.1 Å². The summed E-state index contributed by atoms with van der Waals surface area (Å²) in [6, 6.07) is 9.97. The van der Waals surface area contributed by atoms with E-state index in [2.05, 4.69) is 45.2 Å². The lowest BCUT2D eigenvalue weighted by Crippen LogP contribution is -2.31. The van der Waals surface area contributed by atoms with Gasteiger partial charge >= 0.3 is 6.01 Å². The van der Waals surface area contributed by atoms with Crippen molar-refractivity contribution in [1.29, 1.82) is 0 Å². The molecule has 0 bridgehead atoms. The zero-order chi connectivity index (χ0) is 27.1. The van der Waals surface area contributed by atoms with Crippen LogP contribution >= 0.6 is 0 Å². The van der Waals surface area contributed by atoms with E-state index in [1.165, 1.54) is 30.0 Å². The van der Waals surface area contributed by atoms with Crippen molar-refractivity contribution < 1.29 is 18.3 Å². The number of carbonyl (C=O) groups excluding carboxylic acids is 1. The van der Waals surface area contributed by atoms with Crippen molar-refractivity contribution in [1.82, 2.24) is 20.2 Å². The van der Waals surface area contributed by atoms with Crippen LogP contribution in [0.15, 0.2) is 42.7 Å². The second-order valence-electron chi connectivity index (χ2n) is 11.0. The smallest absolute Gasteiger partial charge is 0.318 e. The molecule has 1 saturated heterocycles. The summed E-state index contributed by atoms with van der Waals surface area (Å²) in [5, 5.41) is 6.07. The molecule has 0 radical (unpaired) electrons. The molecule has 1 aromatic heterocycles. The van der Waals surface area contributed by atoms with Gasteiger partial charge in [-0.1, -0.05) is 24.8 Å². The highest BCUT2D eigenvalue weighted by atomic mass is 19.1. The molecule has 1 aliphatic heterocycles. The summed E-state index contributed by atoms with van der Waals surface area (Å²) in [7, 11) is 2.08. The average Bonchev–Trinajstić information content (AvgIpc) is 3.46. The fourth-order valence-corrected chi connectivity index (χ4v) is 6.12. The molecule has 7 nitrogen and oxygen atoms in total. The zero-order valence-corrected chi connectivity index (χ0v) is 22.2. The van der Waals surface area contributed by atoms with E-state index in [1.54, 1.807) is 6.07 Å². The molecule has 2 fully saturated rings. The number of rotatable bonds is 9. The zero-order valence-electron chi connectivity index (χ0n) is 22.2. The average molecular weight is 534 g/mol. The van der Waals surface area contributed by atoms with Gasteiger partial charge in [-0.05, 0) is 86.4 Å². The number of carbonyl (C=O) groups is 1. The van der Waals surface area contributed by atoms with E-state index in [1.807, 2.05) is 12.1 Å². The number of benzene rings is 2. The fraction of sp³-hybridized carbons (Fsp3) is 0.433. The van der Waals surface area contributed by atoms with Crippen molar-refractivity contribution >= 4 is 22.6 Å². The normalized spacial score (nSPS) is 19.3. The lowest BCUT2D eigenvalue weighted by atomic mass is 9.92. The highest BCUT2D eigenvalue weighted by Gasteiger charge is 2.48. The first kappa shape index (κ1) is 25.7. The molecule has 0 unspecified atom stereocenters. The molecular formula is C30H33F2N5O2. The number of halogens is 2. The van der Waals surface area contributed by atoms with E-state index in [9.17, 15) is 9.18 Å². The van der Waals surface area contributed by atoms with E-state index in [4.69, 9.17) is 4.74 Å². The van der Waals surface area contributed by atoms with Crippen LogP contribution in [-0.4, -0.2) is 60.1 Å². The van der Waals surface area contributed by atoms with Gasteiger partial charge in [0.05, 0.1) is 5.52 Å². The summed E-state index contributed by atoms with van der Waals surface area (Å²) < 4.78 is 34.7. The molecule has 3 aliphatic rings. The third-order valence-electron chi connectivity index (χ3n) is 8.53. The minimum atomic E-state index is -1.05. The van der Waals surface area contributed by atoms with Crippen LogP contribution in [0, 0.1) is 5.82 Å². The number of amides is 1. The van der Waals surface area contributed by atoms with Crippen molar-refractivity contribution in [2.75, 3.05) is 38.6 Å². The van der Waals surface area contributed by atoms with Crippen LogP contribution in [0.2, 0.25) is 0 Å². The van der Waals surface area contributed by atoms with Crippen molar-refractivity contribution in [2.45, 2.75) is 50.0 Å². The Kier molecular flexibility index (Phi) is 6.71. The second kappa shape index (κ2) is 10.2. The molecule has 1 spiro atoms. The third-order valence-corrected chi connectivity index (χ3v) is 8.53. The molecular weight excluding hydrogens is 500 g/mol. The fourth-order valence-electron chi connectivity index (χ4n) is 6.12. The van der Waals surface area contributed by atoms with E-state index in [-0.39, 0.29) is 31.0 Å². The highest BCUT2D eigenvalue weighted by Crippen LogP contribution is 2.58. The highest BCUT2D eigenvalue weighted by molar-refractivity contribution is 5.93. The number of fused-ring (bicyclic) bond motifs is 3. The lowest BCUT2D eigenvalue weighted by Gasteiger charge is -2.19. The molecule has 2 heterocycles. The summed E-state index contributed by atoms with van der Waals surface area (Å²) in [4.78, 5) is 23.0. The van der Waals surface area contributed by atoms with E-state index >= 15 is 4.39 Å². The first-order chi connectivity index (χ1) is 18.8. The van der Waals surface area contributed by atoms with Crippen LogP contribution in [0.25, 0.3) is 22.0 Å². The van der Waals surface area contributed by atoms with Gasteiger partial charge < -0.3 is 20.3 Å². The van der Waals surface area contributed by atoms with E-state index < -0.39 is 11.7 Å². The maximum Gasteiger partial charge on any atom is 0.318 e. The maximum absolute atomic E-state index is 15.7. The molecule has 9 heteroatoms. The summed E-state index contributed by atoms with van der Waals surface area (Å²) in [6.45, 7) is 4.86. The Hall–Kier alpha value is -3.59. The van der Waals surface area contributed by atoms with Crippen LogP contribution in [0.1, 0.15) is 43.2 Å². The minimum absolute atomic E-state index is 0.134. The molecule has 6 rings (SSSR count). The largest absolute Gasteiger partial charge is 0.462 e. The lowest BCUT2D eigenvalue weighted by molar-refractivity contribution is -0.118. The third kappa shape index (κ3) is 4.95. The van der Waals surface area contributed by atoms with Gasteiger partial charge in [-0.3, -0.25) is 4.79 Å². The Bertz CT molecular complexity index is 1460. The molecule has 3 aromatic rings. The van der Waals surface area contributed by atoms with Crippen LogP contribution in [0.3, 0.4) is 0 Å². The molecule has 1 amide bonds. The number of aromatic nitrogens is 2. The predicted octanol–water partition coefficient (Wildman–Crippen LogP) is 4.90. The van der Waals surface area contributed by atoms with Crippen LogP contribution in [0.5, 0.6) is 6.01 Å². The van der Waals surface area contributed by atoms with Crippen molar-refractivity contribution in [3.05, 3.63) is 59.7 Å². The molecule has 1 saturated carbocycles. The quantitative estimate of drug-likeness (QED) is 0.301. The van der Waals surface area contributed by atoms with Crippen LogP contribution in [0.4, 0.5) is 14.6 Å². The Balaban J connectivity index is 1.33. The van der Waals surface area contributed by atoms with Gasteiger partial charge in [-0.2, -0.15) is 9.97 Å². The van der Waals surface area contributed by atoms with Crippen molar-refractivity contribution in [3.63, 3.8) is 0 Å². The first-order valence-corrected chi connectivity index (χ1v) is 13.7. The Morgan fingerprint density at radius 2 is 2.05 bits per heavy atom. The number of ether oxygens (including phenoxy) is 1. The number of nitrogens with one attached hydrogen (secondary N) is 2. The standard InChI is InChI=1S/C30H33F2N5O2/c1-18(31)28(38)34-13-12-33-27-23-15-25(32)22(20-6-3-7-24-21(20)8-9-30(24)10-11-30)16-26(23)35-29(36-27)39-17-19-5-4-14-37(19)2/h3,6-7,15-16,19H,1,4-5,8-14,17H2,2H3,(H,34,38)(H,33,35,36)/t19-/m0/s1. The van der Waals surface area contributed by atoms with Crippen LogP contribution < -0.4 is 15.4 Å². The van der Waals surface area contributed by atoms with Crippen molar-refractivity contribution in [3.8, 4) is 17.1 Å². The van der Waals surface area contributed by atoms with Gasteiger partial charge in [0.15, 0.2) is 5.83 Å². The summed E-state index contributed by atoms with van der Waals surface area (Å²) in [5.41, 5.74) is 4.93. The van der Waals surface area contributed by atoms with Gasteiger partial charge in [0.1, 0.15) is 18.2 Å². The van der Waals surface area contributed by atoms with Gasteiger partial charge in [-0.15, -0.1) is 0 Å². The summed E-state index contributed by atoms with van der Waals surface area (Å²) >= 11 is 0. The van der Waals surface area contributed by atoms with E-state index in [0.717, 1.165) is 37.8 Å². The Labute approximate surface area is 226 Å². The Morgan fingerprint density at radius 1 is 1.21 bits per heavy atom. The second-order valence-corrected chi connectivity index (χ2v) is 11.0. The summed E-state index contributed by atoms with van der Waals surface area (Å²) in [6.07, 6.45) is 6.68. The van der Waals surface area contributed by atoms with E-state index in [0.29, 0.717) is 34.3 Å². The number of hydrogen-bond acceptors (Lipinski definition) is 6. The topological polar surface area (TPSA) is 79.4 Å². The van der Waals surface area contributed by atoms with Gasteiger partial charge in [0.2, 0.25) is 0 Å². The molecule has 204 valence electrons. The van der Waals surface area contributed by atoms with Crippen LogP contribution in [-0.2, 0) is 16.6 Å². The molecule has 2 aliphatic carbocycles.